The third-order valence-electron chi connectivity index (χ3n) is 3.35. The molecule has 26 heavy (non-hydrogen) atoms. The Bertz CT molecular complexity index is 570. The number of hydrogen-bond acceptors (Lipinski definition) is 6. The number of aliphatic carboxylic acids is 2. The van der Waals surface area contributed by atoms with Crippen LogP contribution in [-0.4, -0.2) is 79.6 Å². The SMILES string of the molecule is Clc1cccc(OCCOCCN2CCNCC2)c1Cl.O=C(O)C(=O)O. The highest BCUT2D eigenvalue weighted by Crippen LogP contribution is 2.31. The van der Waals surface area contributed by atoms with Crippen molar-refractivity contribution in [2.75, 3.05) is 52.5 Å². The van der Waals surface area contributed by atoms with E-state index in [0.717, 1.165) is 39.3 Å². The summed E-state index contributed by atoms with van der Waals surface area (Å²) in [6, 6.07) is 5.35. The number of nitrogens with zero attached hydrogens (tertiary/aromatic N) is 1. The lowest BCUT2D eigenvalue weighted by Gasteiger charge is -2.26. The molecule has 0 spiro atoms. The van der Waals surface area contributed by atoms with Crippen LogP contribution in [0, 0.1) is 0 Å². The predicted molar refractivity (Wildman–Crippen MR) is 97.4 cm³/mol. The molecule has 1 aliphatic rings. The van der Waals surface area contributed by atoms with Gasteiger partial charge in [0.25, 0.3) is 0 Å². The molecular weight excluding hydrogens is 387 g/mol. The molecule has 1 aliphatic heterocycles. The molecule has 0 aliphatic carbocycles. The average Bonchev–Trinajstić information content (AvgIpc) is 2.62. The fourth-order valence-electron chi connectivity index (χ4n) is 2.04. The molecule has 0 saturated carbocycles. The minimum atomic E-state index is -1.82. The van der Waals surface area contributed by atoms with Gasteiger partial charge in [-0.25, -0.2) is 9.59 Å². The molecule has 0 aromatic heterocycles. The van der Waals surface area contributed by atoms with E-state index in [-0.39, 0.29) is 0 Å². The Labute approximate surface area is 161 Å². The topological polar surface area (TPSA) is 108 Å². The number of rotatable bonds is 7. The highest BCUT2D eigenvalue weighted by Gasteiger charge is 2.08. The van der Waals surface area contributed by atoms with E-state index < -0.39 is 11.9 Å². The molecule has 10 heteroatoms. The summed E-state index contributed by atoms with van der Waals surface area (Å²) in [5, 5.41) is 19.1. The molecule has 1 heterocycles. The maximum atomic E-state index is 9.10. The van der Waals surface area contributed by atoms with Crippen LogP contribution in [0.15, 0.2) is 18.2 Å². The molecule has 1 saturated heterocycles. The fraction of sp³-hybridized carbons (Fsp3) is 0.500. The zero-order valence-electron chi connectivity index (χ0n) is 14.1. The first-order valence-electron chi connectivity index (χ1n) is 7.95. The first-order valence-corrected chi connectivity index (χ1v) is 8.71. The van der Waals surface area contributed by atoms with Gasteiger partial charge < -0.3 is 25.0 Å². The lowest BCUT2D eigenvalue weighted by molar-refractivity contribution is -0.159. The Morgan fingerprint density at radius 2 is 1.73 bits per heavy atom. The molecule has 0 radical (unpaired) electrons. The Kier molecular flexibility index (Phi) is 11.0. The minimum Gasteiger partial charge on any atom is -0.490 e. The summed E-state index contributed by atoms with van der Waals surface area (Å²) < 4.78 is 11.1. The van der Waals surface area contributed by atoms with Crippen LogP contribution >= 0.6 is 23.2 Å². The molecule has 146 valence electrons. The second-order valence-corrected chi connectivity index (χ2v) is 6.00. The Balaban J connectivity index is 0.000000487. The van der Waals surface area contributed by atoms with Crippen LogP contribution in [0.25, 0.3) is 0 Å². The molecule has 8 nitrogen and oxygen atoms in total. The normalized spacial score (nSPS) is 14.2. The van der Waals surface area contributed by atoms with Crippen LogP contribution in [0.3, 0.4) is 0 Å². The zero-order chi connectivity index (χ0) is 19.4. The number of nitrogens with one attached hydrogen (secondary N) is 1. The van der Waals surface area contributed by atoms with Gasteiger partial charge in [-0.05, 0) is 12.1 Å². The van der Waals surface area contributed by atoms with E-state index in [1.54, 1.807) is 12.1 Å². The number of hydrogen-bond donors (Lipinski definition) is 3. The monoisotopic (exact) mass is 408 g/mol. The Morgan fingerprint density at radius 1 is 1.08 bits per heavy atom. The van der Waals surface area contributed by atoms with Crippen molar-refractivity contribution in [2.45, 2.75) is 0 Å². The summed E-state index contributed by atoms with van der Waals surface area (Å²) in [4.78, 5) is 20.6. The van der Waals surface area contributed by atoms with Gasteiger partial charge in [-0.2, -0.15) is 0 Å². The van der Waals surface area contributed by atoms with Crippen molar-refractivity contribution < 1.29 is 29.3 Å². The third kappa shape index (κ3) is 9.21. The molecule has 3 N–H and O–H groups in total. The number of carboxylic acids is 2. The Hall–Kier alpha value is -1.58. The largest absolute Gasteiger partial charge is 0.490 e. The van der Waals surface area contributed by atoms with E-state index in [0.29, 0.717) is 29.0 Å². The van der Waals surface area contributed by atoms with Gasteiger partial charge in [0.2, 0.25) is 0 Å². The van der Waals surface area contributed by atoms with Gasteiger partial charge >= 0.3 is 11.9 Å². The van der Waals surface area contributed by atoms with Crippen molar-refractivity contribution in [1.82, 2.24) is 10.2 Å². The van der Waals surface area contributed by atoms with Crippen molar-refractivity contribution in [3.8, 4) is 5.75 Å². The maximum absolute atomic E-state index is 9.10. The van der Waals surface area contributed by atoms with Crippen molar-refractivity contribution in [2.24, 2.45) is 0 Å². The third-order valence-corrected chi connectivity index (χ3v) is 4.15. The number of benzene rings is 1. The lowest BCUT2D eigenvalue weighted by Crippen LogP contribution is -2.44. The van der Waals surface area contributed by atoms with E-state index in [9.17, 15) is 0 Å². The average molecular weight is 409 g/mol. The molecule has 1 aromatic carbocycles. The molecule has 0 amide bonds. The predicted octanol–water partition coefficient (Wildman–Crippen LogP) is 1.45. The van der Waals surface area contributed by atoms with E-state index >= 15 is 0 Å². The van der Waals surface area contributed by atoms with Crippen LogP contribution < -0.4 is 10.1 Å². The summed E-state index contributed by atoms with van der Waals surface area (Å²) in [5.41, 5.74) is 0. The van der Waals surface area contributed by atoms with Gasteiger partial charge in [-0.1, -0.05) is 29.3 Å². The van der Waals surface area contributed by atoms with E-state index in [1.807, 2.05) is 6.07 Å². The summed E-state index contributed by atoms with van der Waals surface area (Å²) in [7, 11) is 0. The van der Waals surface area contributed by atoms with Gasteiger partial charge in [0, 0.05) is 32.7 Å². The fourth-order valence-corrected chi connectivity index (χ4v) is 2.38. The van der Waals surface area contributed by atoms with E-state index in [2.05, 4.69) is 10.2 Å². The first kappa shape index (κ1) is 22.5. The first-order chi connectivity index (χ1) is 12.4. The quantitative estimate of drug-likeness (QED) is 0.459. The van der Waals surface area contributed by atoms with Gasteiger partial charge in [0.15, 0.2) is 0 Å². The Morgan fingerprint density at radius 3 is 2.35 bits per heavy atom. The van der Waals surface area contributed by atoms with Gasteiger partial charge in [-0.3, -0.25) is 4.90 Å². The van der Waals surface area contributed by atoms with Crippen LogP contribution in [0.5, 0.6) is 5.75 Å². The van der Waals surface area contributed by atoms with Crippen LogP contribution in [-0.2, 0) is 14.3 Å². The van der Waals surface area contributed by atoms with Gasteiger partial charge in [0.1, 0.15) is 17.4 Å². The second-order valence-electron chi connectivity index (χ2n) is 5.21. The number of halogens is 2. The number of piperazine rings is 1. The van der Waals surface area contributed by atoms with E-state index in [1.165, 1.54) is 0 Å². The number of carbonyl (C=O) groups is 2. The number of ether oxygens (including phenoxy) is 2. The molecule has 0 bridgehead atoms. The lowest BCUT2D eigenvalue weighted by atomic mass is 10.3. The molecule has 0 unspecified atom stereocenters. The zero-order valence-corrected chi connectivity index (χ0v) is 15.6. The summed E-state index contributed by atoms with van der Waals surface area (Å²) in [6.45, 7) is 7.05. The van der Waals surface area contributed by atoms with Crippen LogP contribution in [0.1, 0.15) is 0 Å². The highest BCUT2D eigenvalue weighted by molar-refractivity contribution is 6.42. The maximum Gasteiger partial charge on any atom is 0.414 e. The smallest absolute Gasteiger partial charge is 0.414 e. The standard InChI is InChI=1S/C14H20Cl2N2O2.C2H2O4/c15-12-2-1-3-13(14(12)16)20-11-10-19-9-8-18-6-4-17-5-7-18;3-1(4)2(5)6/h1-3,17H,4-11H2;(H,3,4)(H,5,6). The molecule has 0 atom stereocenters. The summed E-state index contributed by atoms with van der Waals surface area (Å²) in [6.07, 6.45) is 0. The second kappa shape index (κ2) is 12.7. The van der Waals surface area contributed by atoms with Crippen LogP contribution in [0.4, 0.5) is 0 Å². The molecule has 1 aromatic rings. The van der Waals surface area contributed by atoms with Gasteiger partial charge in [0.05, 0.1) is 18.2 Å². The molecule has 1 fully saturated rings. The van der Waals surface area contributed by atoms with E-state index in [4.69, 9.17) is 52.5 Å². The van der Waals surface area contributed by atoms with Crippen molar-refractivity contribution in [3.63, 3.8) is 0 Å². The summed E-state index contributed by atoms with van der Waals surface area (Å²) >= 11 is 11.9. The van der Waals surface area contributed by atoms with Gasteiger partial charge in [-0.15, -0.1) is 0 Å². The van der Waals surface area contributed by atoms with Crippen LogP contribution in [0.2, 0.25) is 10.0 Å². The number of carboxylic acid groups (broad SMARTS) is 2. The van der Waals surface area contributed by atoms with Crippen molar-refractivity contribution in [1.29, 1.82) is 0 Å². The molecule has 2 rings (SSSR count). The van der Waals surface area contributed by atoms with Crippen molar-refractivity contribution >= 4 is 35.1 Å². The minimum absolute atomic E-state index is 0.454. The molecular formula is C16H22Cl2N2O6. The summed E-state index contributed by atoms with van der Waals surface area (Å²) in [5.74, 6) is -3.05. The van der Waals surface area contributed by atoms with Crippen molar-refractivity contribution in [3.05, 3.63) is 28.2 Å². The highest BCUT2D eigenvalue weighted by atomic mass is 35.5.